The lowest BCUT2D eigenvalue weighted by atomic mass is 10.1. The van der Waals surface area contributed by atoms with Gasteiger partial charge in [-0.1, -0.05) is 6.07 Å². The maximum Gasteiger partial charge on any atom is 0.145 e. The summed E-state index contributed by atoms with van der Waals surface area (Å²) >= 11 is 0. The average Bonchev–Trinajstić information content (AvgIpc) is 2.92. The number of nitrogens with one attached hydrogen (secondary N) is 2. The zero-order valence-electron chi connectivity index (χ0n) is 13.2. The van der Waals surface area contributed by atoms with E-state index in [1.54, 1.807) is 12.4 Å². The Balaban J connectivity index is 1.68. The summed E-state index contributed by atoms with van der Waals surface area (Å²) in [5.74, 6) is 0.821. The largest absolute Gasteiger partial charge is 0.365 e. The fraction of sp³-hybridized carbons (Fsp3) is 0.353. The first-order valence-electron chi connectivity index (χ1n) is 8.04. The predicted molar refractivity (Wildman–Crippen MR) is 90.5 cm³/mol. The van der Waals surface area contributed by atoms with Gasteiger partial charge in [-0.15, -0.1) is 0 Å². The third kappa shape index (κ3) is 2.77. The summed E-state index contributed by atoms with van der Waals surface area (Å²) in [4.78, 5) is 13.7. The van der Waals surface area contributed by atoms with Gasteiger partial charge in [-0.05, 0) is 38.4 Å². The number of aryl methyl sites for hydroxylation is 1. The van der Waals surface area contributed by atoms with Gasteiger partial charge < -0.3 is 10.6 Å². The molecule has 0 unspecified atom stereocenters. The number of aromatic nitrogens is 4. The van der Waals surface area contributed by atoms with Crippen molar-refractivity contribution in [2.24, 2.45) is 0 Å². The smallest absolute Gasteiger partial charge is 0.145 e. The zero-order chi connectivity index (χ0) is 15.6. The van der Waals surface area contributed by atoms with Crippen LogP contribution in [0.25, 0.3) is 17.0 Å². The SMILES string of the molecule is Cc1nc2ccccn2c1-c1cncc(N[C@@H]2CCCNC2)n1. The van der Waals surface area contributed by atoms with Crippen LogP contribution in [0, 0.1) is 6.92 Å². The van der Waals surface area contributed by atoms with E-state index in [0.29, 0.717) is 6.04 Å². The van der Waals surface area contributed by atoms with Crippen molar-refractivity contribution in [2.75, 3.05) is 18.4 Å². The van der Waals surface area contributed by atoms with Crippen LogP contribution in [-0.2, 0) is 0 Å². The van der Waals surface area contributed by atoms with E-state index >= 15 is 0 Å². The Bertz CT molecular complexity index is 819. The van der Waals surface area contributed by atoms with Crippen LogP contribution in [0.15, 0.2) is 36.8 Å². The van der Waals surface area contributed by atoms with Crippen LogP contribution in [0.3, 0.4) is 0 Å². The topological polar surface area (TPSA) is 67.1 Å². The number of rotatable bonds is 3. The summed E-state index contributed by atoms with van der Waals surface area (Å²) in [6, 6.07) is 6.41. The first-order chi connectivity index (χ1) is 11.3. The molecule has 0 saturated carbocycles. The van der Waals surface area contributed by atoms with Gasteiger partial charge in [0, 0.05) is 18.8 Å². The van der Waals surface area contributed by atoms with Gasteiger partial charge in [0.2, 0.25) is 0 Å². The Labute approximate surface area is 135 Å². The minimum atomic E-state index is 0.414. The molecular formula is C17H20N6. The Hall–Kier alpha value is -2.47. The number of hydrogen-bond donors (Lipinski definition) is 2. The van der Waals surface area contributed by atoms with Crippen LogP contribution >= 0.6 is 0 Å². The second-order valence-corrected chi connectivity index (χ2v) is 5.95. The van der Waals surface area contributed by atoms with Gasteiger partial charge in [-0.3, -0.25) is 9.38 Å². The Morgan fingerprint density at radius 2 is 2.22 bits per heavy atom. The molecule has 4 rings (SSSR count). The fourth-order valence-corrected chi connectivity index (χ4v) is 3.16. The molecule has 0 spiro atoms. The molecule has 0 aliphatic carbocycles. The summed E-state index contributed by atoms with van der Waals surface area (Å²) in [7, 11) is 0. The van der Waals surface area contributed by atoms with Gasteiger partial charge in [-0.25, -0.2) is 9.97 Å². The number of piperidine rings is 1. The molecule has 4 heterocycles. The summed E-state index contributed by atoms with van der Waals surface area (Å²) in [6.07, 6.45) is 7.95. The van der Waals surface area contributed by atoms with Crippen LogP contribution < -0.4 is 10.6 Å². The standard InChI is InChI=1S/C17H20N6/c1-12-17(23-8-3-2-6-16(23)20-12)14-10-19-11-15(22-14)21-13-5-4-7-18-9-13/h2-3,6,8,10-11,13,18H,4-5,7,9H2,1H3,(H,21,22)/t13-/m1/s1. The van der Waals surface area contributed by atoms with E-state index in [1.807, 2.05) is 31.3 Å². The van der Waals surface area contributed by atoms with Crippen molar-refractivity contribution in [1.29, 1.82) is 0 Å². The number of imidazole rings is 1. The van der Waals surface area contributed by atoms with Gasteiger partial charge in [0.15, 0.2) is 0 Å². The van der Waals surface area contributed by atoms with Crippen molar-refractivity contribution in [2.45, 2.75) is 25.8 Å². The monoisotopic (exact) mass is 308 g/mol. The maximum atomic E-state index is 4.76. The quantitative estimate of drug-likeness (QED) is 0.777. The molecule has 1 fully saturated rings. The summed E-state index contributed by atoms with van der Waals surface area (Å²) in [6.45, 7) is 4.08. The molecule has 0 amide bonds. The molecule has 0 radical (unpaired) electrons. The lowest BCUT2D eigenvalue weighted by Crippen LogP contribution is -2.38. The van der Waals surface area contributed by atoms with Crippen molar-refractivity contribution >= 4 is 11.5 Å². The van der Waals surface area contributed by atoms with Gasteiger partial charge in [0.05, 0.1) is 23.8 Å². The third-order valence-electron chi connectivity index (χ3n) is 4.23. The Kier molecular flexibility index (Phi) is 3.67. The minimum absolute atomic E-state index is 0.414. The first kappa shape index (κ1) is 14.1. The number of fused-ring (bicyclic) bond motifs is 1. The Morgan fingerprint density at radius 1 is 1.26 bits per heavy atom. The molecule has 1 aliphatic rings. The molecule has 1 atom stereocenters. The normalized spacial score (nSPS) is 18.2. The minimum Gasteiger partial charge on any atom is -0.365 e. The van der Waals surface area contributed by atoms with E-state index in [0.717, 1.165) is 48.1 Å². The summed E-state index contributed by atoms with van der Waals surface area (Å²) < 4.78 is 2.06. The zero-order valence-corrected chi connectivity index (χ0v) is 13.2. The van der Waals surface area contributed by atoms with Crippen molar-refractivity contribution in [3.05, 3.63) is 42.5 Å². The molecule has 6 heteroatoms. The van der Waals surface area contributed by atoms with E-state index in [9.17, 15) is 0 Å². The molecule has 23 heavy (non-hydrogen) atoms. The highest BCUT2D eigenvalue weighted by molar-refractivity contribution is 5.64. The van der Waals surface area contributed by atoms with Gasteiger partial charge in [0.25, 0.3) is 0 Å². The van der Waals surface area contributed by atoms with Crippen LogP contribution in [0.4, 0.5) is 5.82 Å². The highest BCUT2D eigenvalue weighted by Gasteiger charge is 2.15. The molecule has 118 valence electrons. The van der Waals surface area contributed by atoms with Crippen LogP contribution in [0.2, 0.25) is 0 Å². The van der Waals surface area contributed by atoms with Crippen molar-refractivity contribution in [3.63, 3.8) is 0 Å². The molecule has 0 bridgehead atoms. The maximum absolute atomic E-state index is 4.76. The molecule has 2 N–H and O–H groups in total. The number of hydrogen-bond acceptors (Lipinski definition) is 5. The molecule has 0 aromatic carbocycles. The fourth-order valence-electron chi connectivity index (χ4n) is 3.16. The van der Waals surface area contributed by atoms with E-state index in [2.05, 4.69) is 25.0 Å². The van der Waals surface area contributed by atoms with Crippen LogP contribution in [0.5, 0.6) is 0 Å². The van der Waals surface area contributed by atoms with Crippen LogP contribution in [-0.4, -0.2) is 38.5 Å². The molecule has 3 aromatic rings. The number of pyridine rings is 1. The third-order valence-corrected chi connectivity index (χ3v) is 4.23. The van der Waals surface area contributed by atoms with E-state index in [1.165, 1.54) is 6.42 Å². The van der Waals surface area contributed by atoms with E-state index in [-0.39, 0.29) is 0 Å². The lowest BCUT2D eigenvalue weighted by molar-refractivity contribution is 0.479. The molecule has 1 aliphatic heterocycles. The summed E-state index contributed by atoms with van der Waals surface area (Å²) in [5, 5.41) is 6.89. The highest BCUT2D eigenvalue weighted by atomic mass is 15.1. The van der Waals surface area contributed by atoms with Crippen molar-refractivity contribution in [3.8, 4) is 11.4 Å². The van der Waals surface area contributed by atoms with Gasteiger partial charge >= 0.3 is 0 Å². The summed E-state index contributed by atoms with van der Waals surface area (Å²) in [5.41, 5.74) is 3.73. The highest BCUT2D eigenvalue weighted by Crippen LogP contribution is 2.23. The molecule has 6 nitrogen and oxygen atoms in total. The van der Waals surface area contributed by atoms with Crippen molar-refractivity contribution in [1.82, 2.24) is 24.7 Å². The number of nitrogens with zero attached hydrogens (tertiary/aromatic N) is 4. The predicted octanol–water partition coefficient (Wildman–Crippen LogP) is 2.26. The second kappa shape index (κ2) is 5.96. The molecular weight excluding hydrogens is 288 g/mol. The first-order valence-corrected chi connectivity index (χ1v) is 8.04. The molecule has 3 aromatic heterocycles. The van der Waals surface area contributed by atoms with E-state index < -0.39 is 0 Å². The molecule has 1 saturated heterocycles. The van der Waals surface area contributed by atoms with Crippen molar-refractivity contribution < 1.29 is 0 Å². The van der Waals surface area contributed by atoms with Gasteiger partial charge in [-0.2, -0.15) is 0 Å². The Morgan fingerprint density at radius 3 is 3.09 bits per heavy atom. The van der Waals surface area contributed by atoms with E-state index in [4.69, 9.17) is 4.98 Å². The lowest BCUT2D eigenvalue weighted by Gasteiger charge is -2.24. The second-order valence-electron chi connectivity index (χ2n) is 5.95. The average molecular weight is 308 g/mol. The van der Waals surface area contributed by atoms with Gasteiger partial charge in [0.1, 0.15) is 17.2 Å². The van der Waals surface area contributed by atoms with Crippen LogP contribution in [0.1, 0.15) is 18.5 Å². The number of anilines is 1.